The number of hydrogen-bond acceptors (Lipinski definition) is 3. The van der Waals surface area contributed by atoms with Crippen LogP contribution >= 0.6 is 11.8 Å². The molecule has 3 heteroatoms. The molecule has 0 aliphatic rings. The Morgan fingerprint density at radius 2 is 1.04 bits per heavy atom. The van der Waals surface area contributed by atoms with E-state index in [0.29, 0.717) is 6.10 Å². The first-order valence-electron chi connectivity index (χ1n) is 6.68. The number of aliphatic hydroxyl groups excluding tert-OH is 1. The monoisotopic (exact) mass is 396 g/mol. The summed E-state index contributed by atoms with van der Waals surface area (Å²) in [4.78, 5) is 0. The fourth-order valence-corrected chi connectivity index (χ4v) is 0.779. The van der Waals surface area contributed by atoms with Gasteiger partial charge < -0.3 is 9.84 Å². The summed E-state index contributed by atoms with van der Waals surface area (Å²) in [6.07, 6.45) is 6.23. The van der Waals surface area contributed by atoms with Crippen LogP contribution in [0.15, 0.2) is 0 Å². The van der Waals surface area contributed by atoms with Gasteiger partial charge in [0.2, 0.25) is 0 Å². The van der Waals surface area contributed by atoms with Crippen LogP contribution in [-0.2, 0) is 4.74 Å². The summed E-state index contributed by atoms with van der Waals surface area (Å²) in [6, 6.07) is 0. The van der Waals surface area contributed by atoms with Crippen molar-refractivity contribution in [3.63, 3.8) is 0 Å². The van der Waals surface area contributed by atoms with Crippen molar-refractivity contribution in [2.45, 2.75) is 126 Å². The van der Waals surface area contributed by atoms with Gasteiger partial charge in [0, 0.05) is 13.7 Å². The van der Waals surface area contributed by atoms with E-state index in [2.05, 4.69) is 40.9 Å². The highest BCUT2D eigenvalue weighted by Crippen LogP contribution is 1.91. The van der Waals surface area contributed by atoms with Crippen LogP contribution in [-0.4, -0.2) is 36.9 Å². The summed E-state index contributed by atoms with van der Waals surface area (Å²) >= 11 is 1.90. The highest BCUT2D eigenvalue weighted by molar-refractivity contribution is 7.98. The molecule has 0 aromatic heterocycles. The first-order valence-corrected chi connectivity index (χ1v) is 8.07. The summed E-state index contributed by atoms with van der Waals surface area (Å²) in [6.45, 7) is 12.5. The van der Waals surface area contributed by atoms with Crippen molar-refractivity contribution >= 4 is 11.8 Å². The summed E-state index contributed by atoms with van der Waals surface area (Å²) in [5.74, 6) is 1.31. The van der Waals surface area contributed by atoms with Gasteiger partial charge in [-0.2, -0.15) is 11.8 Å². The number of methoxy groups -OCH3 is 1. The van der Waals surface area contributed by atoms with Crippen molar-refractivity contribution < 1.29 is 9.84 Å². The van der Waals surface area contributed by atoms with Crippen molar-refractivity contribution in [1.82, 2.24) is 0 Å². The van der Waals surface area contributed by atoms with Gasteiger partial charge in [0.05, 0.1) is 6.10 Å². The molecule has 0 amide bonds. The van der Waals surface area contributed by atoms with Gasteiger partial charge in [-0.1, -0.05) is 93.5 Å². The third-order valence-corrected chi connectivity index (χ3v) is 2.20. The molecule has 0 aromatic rings. The van der Waals surface area contributed by atoms with Gasteiger partial charge in [-0.05, 0) is 38.7 Å². The van der Waals surface area contributed by atoms with Crippen LogP contribution in [0.3, 0.4) is 0 Å². The lowest BCUT2D eigenvalue weighted by Crippen LogP contribution is -2.00. The van der Waals surface area contributed by atoms with E-state index in [1.165, 1.54) is 18.6 Å². The van der Waals surface area contributed by atoms with Crippen LogP contribution in [0.1, 0.15) is 120 Å². The van der Waals surface area contributed by atoms with E-state index >= 15 is 0 Å². The Kier molecular flexibility index (Phi) is 421. The van der Waals surface area contributed by atoms with E-state index in [0.717, 1.165) is 6.42 Å². The Morgan fingerprint density at radius 3 is 1.04 bits per heavy atom. The fraction of sp³-hybridized carbons (Fsp3) is 1.00. The molecule has 0 aliphatic heterocycles. The van der Waals surface area contributed by atoms with E-state index in [1.807, 2.05) is 11.8 Å². The minimum absolute atomic E-state index is 0. The minimum atomic E-state index is 0. The molecule has 1 unspecified atom stereocenters. The quantitative estimate of drug-likeness (QED) is 0.512. The maximum Gasteiger partial charge on any atom is 0.0540 e. The number of hydrogen-bond donors (Lipinski definition) is 1. The molecule has 0 spiro atoms. The van der Waals surface area contributed by atoms with Crippen LogP contribution in [0, 0.1) is 0 Å². The van der Waals surface area contributed by atoms with Gasteiger partial charge in [-0.3, -0.25) is 0 Å². The summed E-state index contributed by atoms with van der Waals surface area (Å²) in [7, 11) is 1.73. The first-order chi connectivity index (χ1) is 8.05. The standard InChI is InChI=1S/C5H12O.C4H10S.C3H8.C2H6O.8CH4/c1-4-5(2)6-3;1-3-4-5-2;1-3-2;1-2-3;;;;;;;;/h5H,4H2,1-3H3;3-4H2,1-2H3;3H2,1-2H3;3H,2H2,1H3;8*1H4. The van der Waals surface area contributed by atoms with Crippen molar-refractivity contribution in [1.29, 1.82) is 0 Å². The highest BCUT2D eigenvalue weighted by atomic mass is 32.2. The number of ether oxygens (including phenoxy) is 1. The summed E-state index contributed by atoms with van der Waals surface area (Å²) in [5, 5.41) is 7.57. The lowest BCUT2D eigenvalue weighted by molar-refractivity contribution is 0.115. The smallest absolute Gasteiger partial charge is 0.0540 e. The molecule has 174 valence electrons. The third kappa shape index (κ3) is 306. The van der Waals surface area contributed by atoms with Gasteiger partial charge in [-0.15, -0.1) is 0 Å². The molecule has 0 aromatic carbocycles. The largest absolute Gasteiger partial charge is 0.397 e. The zero-order valence-corrected chi connectivity index (χ0v) is 14.2. The van der Waals surface area contributed by atoms with Crippen molar-refractivity contribution in [2.75, 3.05) is 25.7 Å². The summed E-state index contributed by atoms with van der Waals surface area (Å²) in [5.41, 5.74) is 0. The molecular formula is C22H68O2S. The zero-order valence-electron chi connectivity index (χ0n) is 13.4. The molecule has 0 heterocycles. The average Bonchev–Trinajstić information content (AvgIpc) is 2.32. The van der Waals surface area contributed by atoms with Gasteiger partial charge >= 0.3 is 0 Å². The second-order valence-corrected chi connectivity index (χ2v) is 4.46. The van der Waals surface area contributed by atoms with E-state index in [4.69, 9.17) is 9.84 Å². The average molecular weight is 397 g/mol. The first kappa shape index (κ1) is 84.5. The highest BCUT2D eigenvalue weighted by Gasteiger charge is 1.88. The molecule has 2 nitrogen and oxygen atoms in total. The van der Waals surface area contributed by atoms with Crippen LogP contribution in [0.25, 0.3) is 0 Å². The maximum atomic E-state index is 7.57. The molecule has 0 saturated heterocycles. The van der Waals surface area contributed by atoms with E-state index < -0.39 is 0 Å². The maximum absolute atomic E-state index is 7.57. The summed E-state index contributed by atoms with van der Waals surface area (Å²) < 4.78 is 4.90. The Balaban J connectivity index is -0.00000000838. The van der Waals surface area contributed by atoms with E-state index in [1.54, 1.807) is 14.0 Å². The SMILES string of the molecule is C.C.C.C.C.C.C.C.CCC.CCC(C)OC.CCCSC.CCO. The second kappa shape index (κ2) is 125. The Labute approximate surface area is 173 Å². The van der Waals surface area contributed by atoms with Crippen molar-refractivity contribution in [2.24, 2.45) is 0 Å². The molecule has 0 saturated carbocycles. The molecule has 1 atom stereocenters. The van der Waals surface area contributed by atoms with Crippen LogP contribution in [0.2, 0.25) is 0 Å². The second-order valence-electron chi connectivity index (χ2n) is 3.47. The topological polar surface area (TPSA) is 29.5 Å². The number of thioether (sulfide) groups is 1. The molecular weight excluding hydrogens is 328 g/mol. The normalized spacial score (nSPS) is 6.60. The lowest BCUT2D eigenvalue weighted by atomic mass is 10.3. The molecule has 1 N–H and O–H groups in total. The third-order valence-electron chi connectivity index (χ3n) is 1.39. The van der Waals surface area contributed by atoms with Crippen LogP contribution in [0.5, 0.6) is 0 Å². The van der Waals surface area contributed by atoms with Crippen molar-refractivity contribution in [3.8, 4) is 0 Å². The predicted molar refractivity (Wildman–Crippen MR) is 138 cm³/mol. The molecule has 0 aliphatic carbocycles. The molecule has 0 fully saturated rings. The number of rotatable bonds is 4. The molecule has 0 bridgehead atoms. The zero-order chi connectivity index (χ0) is 14.5. The van der Waals surface area contributed by atoms with Crippen LogP contribution < -0.4 is 0 Å². The van der Waals surface area contributed by atoms with Crippen molar-refractivity contribution in [3.05, 3.63) is 0 Å². The number of aliphatic hydroxyl groups is 1. The lowest BCUT2D eigenvalue weighted by Gasteiger charge is -2.01. The Morgan fingerprint density at radius 1 is 0.800 bits per heavy atom. The van der Waals surface area contributed by atoms with Gasteiger partial charge in [-0.25, -0.2) is 0 Å². The molecule has 0 radical (unpaired) electrons. The Bertz CT molecular complexity index is 74.4. The predicted octanol–water partition coefficient (Wildman–Crippen LogP) is 9.69. The minimum Gasteiger partial charge on any atom is -0.397 e. The Hall–Kier alpha value is 0.270. The fourth-order valence-electron chi connectivity index (χ4n) is 0.371. The van der Waals surface area contributed by atoms with E-state index in [-0.39, 0.29) is 66.0 Å². The van der Waals surface area contributed by atoms with Crippen LogP contribution in [0.4, 0.5) is 0 Å². The van der Waals surface area contributed by atoms with E-state index in [9.17, 15) is 0 Å². The van der Waals surface area contributed by atoms with Gasteiger partial charge in [0.15, 0.2) is 0 Å². The van der Waals surface area contributed by atoms with Gasteiger partial charge in [0.1, 0.15) is 0 Å². The molecule has 0 rings (SSSR count). The van der Waals surface area contributed by atoms with Gasteiger partial charge in [0.25, 0.3) is 0 Å². The molecule has 25 heavy (non-hydrogen) atoms.